The molecule has 0 heterocycles. The topological polar surface area (TPSA) is 113 Å². The van der Waals surface area contributed by atoms with Crippen molar-refractivity contribution in [2.24, 2.45) is 5.73 Å². The quantitative estimate of drug-likeness (QED) is 0.184. The van der Waals surface area contributed by atoms with Crippen LogP contribution in [0.3, 0.4) is 0 Å². The van der Waals surface area contributed by atoms with Gasteiger partial charge in [-0.15, -0.1) is 6.58 Å². The van der Waals surface area contributed by atoms with E-state index in [1.807, 2.05) is 18.2 Å². The van der Waals surface area contributed by atoms with Crippen LogP contribution in [-0.2, 0) is 14.4 Å². The zero-order valence-corrected chi connectivity index (χ0v) is 18.0. The Hall–Kier alpha value is -2.51. The second-order valence-electron chi connectivity index (χ2n) is 7.45. The maximum absolute atomic E-state index is 12.9. The third-order valence-electron chi connectivity index (χ3n) is 4.93. The lowest BCUT2D eigenvalue weighted by atomic mass is 9.98. The summed E-state index contributed by atoms with van der Waals surface area (Å²) < 4.78 is 0. The lowest BCUT2D eigenvalue weighted by Gasteiger charge is -2.25. The number of hydrogen-bond acceptors (Lipinski definition) is 5. The molecule has 5 N–H and O–H groups in total. The first-order valence-corrected chi connectivity index (χ1v) is 10.5. The van der Waals surface area contributed by atoms with Gasteiger partial charge in [0.1, 0.15) is 18.4 Å². The second kappa shape index (κ2) is 14.5. The largest absolute Gasteiger partial charge is 0.345 e. The molecule has 166 valence electrons. The van der Waals surface area contributed by atoms with E-state index in [9.17, 15) is 14.4 Å². The first kappa shape index (κ1) is 25.5. The molecule has 0 aromatic carbocycles. The molecule has 1 aliphatic carbocycles. The van der Waals surface area contributed by atoms with Crippen molar-refractivity contribution < 1.29 is 14.4 Å². The minimum atomic E-state index is -0.828. The Labute approximate surface area is 179 Å². The standard InChI is InChI=1S/C23H36N4O3/c1-4-10-17(2)15-20(22(29)26-19(16-28)13-8-9-14-24)27-23(30)21(25-3)18-11-6-5-7-12-18/h4,6,11-12,16,19-21,25H,1-2,5,7-10,13-15,24H2,3H3,(H,26,29)(H,27,30)/t19-,20?,21-/m1/s1. The molecule has 0 fully saturated rings. The van der Waals surface area contributed by atoms with Crippen molar-refractivity contribution >= 4 is 18.1 Å². The third-order valence-corrected chi connectivity index (χ3v) is 4.93. The molecule has 1 aliphatic rings. The summed E-state index contributed by atoms with van der Waals surface area (Å²) in [4.78, 5) is 37.2. The minimum absolute atomic E-state index is 0.267. The van der Waals surface area contributed by atoms with Gasteiger partial charge in [-0.1, -0.05) is 36.5 Å². The highest BCUT2D eigenvalue weighted by molar-refractivity contribution is 5.92. The van der Waals surface area contributed by atoms with Crippen LogP contribution < -0.4 is 21.7 Å². The number of aldehydes is 1. The van der Waals surface area contributed by atoms with Crippen molar-refractivity contribution in [2.45, 2.75) is 63.1 Å². The van der Waals surface area contributed by atoms with Crippen LogP contribution in [0, 0.1) is 0 Å². The lowest BCUT2D eigenvalue weighted by Crippen LogP contribution is -2.54. The van der Waals surface area contributed by atoms with Crippen LogP contribution in [0.1, 0.15) is 44.9 Å². The molecule has 0 aliphatic heterocycles. The number of likely N-dealkylation sites (N-methyl/N-ethyl adjacent to an activating group) is 1. The Balaban J connectivity index is 2.88. The average molecular weight is 417 g/mol. The molecule has 0 aromatic heterocycles. The van der Waals surface area contributed by atoms with E-state index < -0.39 is 24.0 Å². The number of allylic oxidation sites excluding steroid dienone is 3. The third kappa shape index (κ3) is 8.88. The van der Waals surface area contributed by atoms with Crippen molar-refractivity contribution in [3.8, 4) is 0 Å². The number of hydrogen-bond donors (Lipinski definition) is 4. The van der Waals surface area contributed by atoms with Crippen molar-refractivity contribution in [1.82, 2.24) is 16.0 Å². The fourth-order valence-corrected chi connectivity index (χ4v) is 3.30. The first-order valence-electron chi connectivity index (χ1n) is 10.5. The Kier molecular flexibility index (Phi) is 12.3. The molecule has 0 radical (unpaired) electrons. The van der Waals surface area contributed by atoms with Crippen molar-refractivity contribution in [3.63, 3.8) is 0 Å². The smallest absolute Gasteiger partial charge is 0.243 e. The van der Waals surface area contributed by atoms with E-state index in [1.54, 1.807) is 13.1 Å². The number of rotatable bonds is 15. The van der Waals surface area contributed by atoms with E-state index in [0.717, 1.165) is 43.1 Å². The molecule has 30 heavy (non-hydrogen) atoms. The highest BCUT2D eigenvalue weighted by Gasteiger charge is 2.28. The number of carbonyl (C=O) groups excluding carboxylic acids is 3. The summed E-state index contributed by atoms with van der Waals surface area (Å²) in [5, 5.41) is 8.58. The Morgan fingerprint density at radius 1 is 1.23 bits per heavy atom. The zero-order chi connectivity index (χ0) is 22.4. The predicted molar refractivity (Wildman–Crippen MR) is 121 cm³/mol. The first-order chi connectivity index (χ1) is 14.5. The van der Waals surface area contributed by atoms with Crippen LogP contribution in [-0.4, -0.2) is 49.8 Å². The summed E-state index contributed by atoms with van der Waals surface area (Å²) in [5.41, 5.74) is 7.14. The minimum Gasteiger partial charge on any atom is -0.345 e. The molecule has 2 amide bonds. The van der Waals surface area contributed by atoms with Crippen LogP contribution >= 0.6 is 0 Å². The van der Waals surface area contributed by atoms with Crippen molar-refractivity contribution in [2.75, 3.05) is 13.6 Å². The number of unbranched alkanes of at least 4 members (excludes halogenated alkanes) is 1. The van der Waals surface area contributed by atoms with E-state index >= 15 is 0 Å². The number of carbonyl (C=O) groups is 3. The molecule has 0 aromatic rings. The van der Waals surface area contributed by atoms with Gasteiger partial charge in [-0.25, -0.2) is 0 Å². The van der Waals surface area contributed by atoms with Crippen LogP contribution in [0.5, 0.6) is 0 Å². The van der Waals surface area contributed by atoms with Gasteiger partial charge in [0, 0.05) is 0 Å². The van der Waals surface area contributed by atoms with Crippen molar-refractivity contribution in [3.05, 3.63) is 48.6 Å². The summed E-state index contributed by atoms with van der Waals surface area (Å²) in [5.74, 6) is -0.700. The maximum atomic E-state index is 12.9. The molecule has 0 bridgehead atoms. The summed E-state index contributed by atoms with van der Waals surface area (Å²) in [6.07, 6.45) is 13.1. The number of nitrogens with two attached hydrogens (primary N) is 1. The summed E-state index contributed by atoms with van der Waals surface area (Å²) in [7, 11) is 1.71. The molecular formula is C23H36N4O3. The SMILES string of the molecule is C=CCC(=C)CC(NC(=O)[C@H](NC)C1=CCCC=C1)C(=O)N[C@@H](C=O)CCCCN. The molecule has 3 atom stereocenters. The number of nitrogens with one attached hydrogen (secondary N) is 3. The molecule has 7 heteroatoms. The fourth-order valence-electron chi connectivity index (χ4n) is 3.30. The van der Waals surface area contributed by atoms with Crippen LogP contribution in [0.25, 0.3) is 0 Å². The summed E-state index contributed by atoms with van der Waals surface area (Å²) in [6.45, 7) is 8.19. The fraction of sp³-hybridized carbons (Fsp3) is 0.522. The van der Waals surface area contributed by atoms with Crippen molar-refractivity contribution in [1.29, 1.82) is 0 Å². The molecular weight excluding hydrogens is 380 g/mol. The Morgan fingerprint density at radius 2 is 2.00 bits per heavy atom. The van der Waals surface area contributed by atoms with E-state index in [-0.39, 0.29) is 12.3 Å². The van der Waals surface area contributed by atoms with Gasteiger partial charge in [-0.3, -0.25) is 9.59 Å². The molecule has 1 unspecified atom stereocenters. The van der Waals surface area contributed by atoms with E-state index in [1.165, 1.54) is 0 Å². The van der Waals surface area contributed by atoms with Crippen LogP contribution in [0.4, 0.5) is 0 Å². The Bertz CT molecular complexity index is 669. The van der Waals surface area contributed by atoms with Gasteiger partial charge in [0.25, 0.3) is 0 Å². The predicted octanol–water partition coefficient (Wildman–Crippen LogP) is 1.67. The van der Waals surface area contributed by atoms with Gasteiger partial charge in [0.15, 0.2) is 0 Å². The summed E-state index contributed by atoms with van der Waals surface area (Å²) in [6, 6.07) is -2.00. The Morgan fingerprint density at radius 3 is 2.57 bits per heavy atom. The highest BCUT2D eigenvalue weighted by atomic mass is 16.2. The molecule has 0 spiro atoms. The second-order valence-corrected chi connectivity index (χ2v) is 7.45. The summed E-state index contributed by atoms with van der Waals surface area (Å²) >= 11 is 0. The monoisotopic (exact) mass is 416 g/mol. The average Bonchev–Trinajstić information content (AvgIpc) is 2.74. The van der Waals surface area contributed by atoms with Crippen LogP contribution in [0.15, 0.2) is 48.6 Å². The van der Waals surface area contributed by atoms with Gasteiger partial charge in [0.2, 0.25) is 11.8 Å². The molecule has 7 nitrogen and oxygen atoms in total. The highest BCUT2D eigenvalue weighted by Crippen LogP contribution is 2.15. The molecule has 0 saturated carbocycles. The van der Waals surface area contributed by atoms with E-state index in [2.05, 4.69) is 29.1 Å². The van der Waals surface area contributed by atoms with Gasteiger partial charge in [-0.2, -0.15) is 0 Å². The van der Waals surface area contributed by atoms with E-state index in [4.69, 9.17) is 5.73 Å². The van der Waals surface area contributed by atoms with Gasteiger partial charge in [-0.05, 0) is 64.1 Å². The van der Waals surface area contributed by atoms with E-state index in [0.29, 0.717) is 19.4 Å². The lowest BCUT2D eigenvalue weighted by molar-refractivity contribution is -0.130. The van der Waals surface area contributed by atoms with Gasteiger partial charge >= 0.3 is 0 Å². The van der Waals surface area contributed by atoms with Gasteiger partial charge < -0.3 is 26.5 Å². The molecule has 1 rings (SSSR count). The normalized spacial score (nSPS) is 16.0. The molecule has 0 saturated heterocycles. The maximum Gasteiger partial charge on any atom is 0.243 e. The van der Waals surface area contributed by atoms with Crippen LogP contribution in [0.2, 0.25) is 0 Å². The van der Waals surface area contributed by atoms with Gasteiger partial charge in [0.05, 0.1) is 6.04 Å². The zero-order valence-electron chi connectivity index (χ0n) is 18.0. The number of amides is 2.